The van der Waals surface area contributed by atoms with Gasteiger partial charge in [0.15, 0.2) is 10.2 Å². The summed E-state index contributed by atoms with van der Waals surface area (Å²) in [5.41, 5.74) is 14.4. The van der Waals surface area contributed by atoms with Gasteiger partial charge in [0.05, 0.1) is 12.8 Å². The van der Waals surface area contributed by atoms with Crippen molar-refractivity contribution in [2.24, 2.45) is 21.7 Å². The topological polar surface area (TPSA) is 182 Å². The van der Waals surface area contributed by atoms with E-state index in [1.807, 2.05) is 0 Å². The number of nitrogens with one attached hydrogen (secondary N) is 2. The molecule has 3 atom stereocenters. The van der Waals surface area contributed by atoms with Gasteiger partial charge in [0.2, 0.25) is 0 Å². The highest BCUT2D eigenvalue weighted by Gasteiger charge is 2.27. The maximum atomic E-state index is 9.80. The van der Waals surface area contributed by atoms with Crippen LogP contribution in [0, 0.1) is 0 Å². The summed E-state index contributed by atoms with van der Waals surface area (Å²) in [6.07, 6.45) is -3.97. The maximum absolute atomic E-state index is 9.80. The van der Waals surface area contributed by atoms with Gasteiger partial charge in [-0.3, -0.25) is 10.9 Å². The first-order valence-corrected chi connectivity index (χ1v) is 5.97. The molecule has 0 aromatic carbocycles. The summed E-state index contributed by atoms with van der Waals surface area (Å²) in [6.45, 7) is -0.753. The highest BCUT2D eigenvalue weighted by molar-refractivity contribution is 7.80. The first-order chi connectivity index (χ1) is 9.29. The lowest BCUT2D eigenvalue weighted by molar-refractivity contribution is -0.0549. The van der Waals surface area contributed by atoms with Gasteiger partial charge in [-0.05, 0) is 24.4 Å². The fourth-order valence-corrected chi connectivity index (χ4v) is 1.04. The predicted molar refractivity (Wildman–Crippen MR) is 80.9 cm³/mol. The van der Waals surface area contributed by atoms with Gasteiger partial charge < -0.3 is 31.9 Å². The Bertz CT molecular complexity index is 404. The molecule has 0 saturated carbocycles. The van der Waals surface area contributed by atoms with Crippen molar-refractivity contribution in [1.82, 2.24) is 10.9 Å². The van der Waals surface area contributed by atoms with Crippen LogP contribution in [0.4, 0.5) is 0 Å². The molecule has 12 heteroatoms. The van der Waals surface area contributed by atoms with E-state index in [2.05, 4.69) is 45.5 Å². The highest BCUT2D eigenvalue weighted by Crippen LogP contribution is 2.01. The van der Waals surface area contributed by atoms with Gasteiger partial charge in [-0.25, -0.2) is 0 Å². The van der Waals surface area contributed by atoms with E-state index in [0.29, 0.717) is 0 Å². The zero-order valence-electron chi connectivity index (χ0n) is 10.2. The van der Waals surface area contributed by atoms with Crippen molar-refractivity contribution >= 4 is 46.6 Å². The summed E-state index contributed by atoms with van der Waals surface area (Å²) in [7, 11) is 0. The maximum Gasteiger partial charge on any atom is 0.184 e. The molecule has 114 valence electrons. The van der Waals surface area contributed by atoms with E-state index in [-0.39, 0.29) is 15.9 Å². The molecule has 10 N–H and O–H groups in total. The lowest BCUT2D eigenvalue weighted by atomic mass is 10.0. The van der Waals surface area contributed by atoms with Gasteiger partial charge in [0, 0.05) is 0 Å². The third-order valence-electron chi connectivity index (χ3n) is 1.87. The molecular formula is C8H16N6O4S2. The Balaban J connectivity index is 5.00. The summed E-state index contributed by atoms with van der Waals surface area (Å²) in [5.74, 6) is 0. The van der Waals surface area contributed by atoms with Crippen LogP contribution in [-0.4, -0.2) is 67.5 Å². The Kier molecular flexibility index (Phi) is 8.78. The van der Waals surface area contributed by atoms with Gasteiger partial charge in [0.1, 0.15) is 24.0 Å². The average molecular weight is 324 g/mol. The zero-order valence-corrected chi connectivity index (χ0v) is 11.8. The van der Waals surface area contributed by atoms with Crippen LogP contribution in [0.1, 0.15) is 0 Å². The molecule has 0 rings (SSSR count). The van der Waals surface area contributed by atoms with Crippen LogP contribution >= 0.6 is 24.4 Å². The number of aliphatic hydroxyl groups is 4. The molecule has 20 heavy (non-hydrogen) atoms. The minimum atomic E-state index is -1.71. The van der Waals surface area contributed by atoms with Crippen LogP contribution in [0.3, 0.4) is 0 Å². The number of nitrogens with two attached hydrogens (primary N) is 2. The molecule has 0 heterocycles. The van der Waals surface area contributed by atoms with Crippen molar-refractivity contribution in [3.63, 3.8) is 0 Å². The molecule has 0 aliphatic rings. The first kappa shape index (κ1) is 18.6. The van der Waals surface area contributed by atoms with E-state index in [4.69, 9.17) is 16.6 Å². The molecule has 0 aliphatic heterocycles. The van der Waals surface area contributed by atoms with E-state index in [1.54, 1.807) is 0 Å². The summed E-state index contributed by atoms with van der Waals surface area (Å²) < 4.78 is 0. The van der Waals surface area contributed by atoms with Crippen LogP contribution in [0.25, 0.3) is 0 Å². The molecule has 0 fully saturated rings. The second kappa shape index (κ2) is 9.46. The second-order valence-electron chi connectivity index (χ2n) is 3.43. The minimum Gasteiger partial charge on any atom is -0.394 e. The molecule has 0 amide bonds. The highest BCUT2D eigenvalue weighted by atomic mass is 32.1. The smallest absolute Gasteiger partial charge is 0.184 e. The Morgan fingerprint density at radius 1 is 1.15 bits per heavy atom. The molecule has 0 aromatic rings. The summed E-state index contributed by atoms with van der Waals surface area (Å²) >= 11 is 9.02. The Morgan fingerprint density at radius 2 is 1.70 bits per heavy atom. The lowest BCUT2D eigenvalue weighted by Crippen LogP contribution is -2.45. The third kappa shape index (κ3) is 7.22. The van der Waals surface area contributed by atoms with Crippen molar-refractivity contribution in [3.05, 3.63) is 0 Å². The summed E-state index contributed by atoms with van der Waals surface area (Å²) in [4.78, 5) is 0. The van der Waals surface area contributed by atoms with Gasteiger partial charge in [-0.1, -0.05) is 0 Å². The predicted octanol–water partition coefficient (Wildman–Crippen LogP) is -3.93. The van der Waals surface area contributed by atoms with Gasteiger partial charge >= 0.3 is 0 Å². The lowest BCUT2D eigenvalue weighted by Gasteiger charge is -2.21. The SMILES string of the molecule is NC(=S)N/N=C(/C=N/NC(N)=S)[C@@H](O)[C@@H](O)[C@H](O)CO. The van der Waals surface area contributed by atoms with Crippen molar-refractivity contribution in [2.75, 3.05) is 6.61 Å². The van der Waals surface area contributed by atoms with E-state index < -0.39 is 24.9 Å². The standard InChI is InChI=1S/C8H16N6O4S2/c9-7(19)13-11-1-3(12-14-8(10)20)5(17)6(18)4(16)2-15/h1,4-6,15-18H,2H2,(H3,9,13,19)(H3,10,14,20)/b11-1+,12-3-/t4-,5-,6+/m1/s1. The minimum absolute atomic E-state index is 0.131. The number of hydrazone groups is 2. The number of hydrogen-bond donors (Lipinski definition) is 8. The second-order valence-corrected chi connectivity index (χ2v) is 4.31. The summed E-state index contributed by atoms with van der Waals surface area (Å²) in [5, 5.41) is 44.1. The number of thiocarbonyl (C=S) groups is 2. The molecule has 0 saturated heterocycles. The van der Waals surface area contributed by atoms with Crippen LogP contribution in [0.2, 0.25) is 0 Å². The zero-order chi connectivity index (χ0) is 15.7. The molecule has 0 radical (unpaired) electrons. The van der Waals surface area contributed by atoms with Crippen molar-refractivity contribution in [1.29, 1.82) is 0 Å². The Labute approximate surface area is 125 Å². The largest absolute Gasteiger partial charge is 0.394 e. The number of rotatable bonds is 7. The van der Waals surface area contributed by atoms with Crippen molar-refractivity contribution < 1.29 is 20.4 Å². The van der Waals surface area contributed by atoms with Gasteiger partial charge in [0.25, 0.3) is 0 Å². The van der Waals surface area contributed by atoms with Gasteiger partial charge in [-0.2, -0.15) is 10.2 Å². The molecular weight excluding hydrogens is 308 g/mol. The van der Waals surface area contributed by atoms with Crippen LogP contribution in [-0.2, 0) is 0 Å². The van der Waals surface area contributed by atoms with Gasteiger partial charge in [-0.15, -0.1) is 0 Å². The average Bonchev–Trinajstić information content (AvgIpc) is 2.39. The van der Waals surface area contributed by atoms with Crippen LogP contribution < -0.4 is 22.3 Å². The first-order valence-electron chi connectivity index (χ1n) is 5.16. The molecule has 0 aromatic heterocycles. The fourth-order valence-electron chi connectivity index (χ4n) is 0.946. The third-order valence-corrected chi connectivity index (χ3v) is 2.06. The van der Waals surface area contributed by atoms with Crippen molar-refractivity contribution in [2.45, 2.75) is 18.3 Å². The molecule has 0 bridgehead atoms. The fraction of sp³-hybridized carbons (Fsp3) is 0.500. The number of nitrogens with zero attached hydrogens (tertiary/aromatic N) is 2. The molecule has 0 unspecified atom stereocenters. The molecule has 0 aliphatic carbocycles. The van der Waals surface area contributed by atoms with E-state index in [0.717, 1.165) is 6.21 Å². The quantitative estimate of drug-likeness (QED) is 0.131. The molecule has 0 spiro atoms. The number of aliphatic hydroxyl groups excluding tert-OH is 4. The van der Waals surface area contributed by atoms with Crippen molar-refractivity contribution in [3.8, 4) is 0 Å². The van der Waals surface area contributed by atoms with E-state index >= 15 is 0 Å². The van der Waals surface area contributed by atoms with E-state index in [1.165, 1.54) is 0 Å². The monoisotopic (exact) mass is 324 g/mol. The Hall–Kier alpha value is -1.44. The van der Waals surface area contributed by atoms with Crippen LogP contribution in [0.5, 0.6) is 0 Å². The molecule has 10 nitrogen and oxygen atoms in total. The van der Waals surface area contributed by atoms with E-state index in [9.17, 15) is 15.3 Å². The normalized spacial score (nSPS) is 16.5. The number of hydrogen-bond acceptors (Lipinski definition) is 8. The summed E-state index contributed by atoms with van der Waals surface area (Å²) in [6, 6.07) is 0. The van der Waals surface area contributed by atoms with Crippen LogP contribution in [0.15, 0.2) is 10.2 Å². The Morgan fingerprint density at radius 3 is 2.15 bits per heavy atom.